The van der Waals surface area contributed by atoms with Crippen molar-refractivity contribution >= 4 is 10.9 Å². The Balaban J connectivity index is 1.85. The summed E-state index contributed by atoms with van der Waals surface area (Å²) in [5.41, 5.74) is 2.46. The van der Waals surface area contributed by atoms with Gasteiger partial charge in [0.05, 0.1) is 5.52 Å². The monoisotopic (exact) mass is 241 g/mol. The first-order chi connectivity index (χ1) is 8.84. The SMILES string of the molecule is CN(Cc1ccnc2ccccc12)C1CCNC1. The predicted molar refractivity (Wildman–Crippen MR) is 74.5 cm³/mol. The Kier molecular flexibility index (Phi) is 3.26. The van der Waals surface area contributed by atoms with E-state index >= 15 is 0 Å². The molecule has 0 spiro atoms. The number of benzene rings is 1. The van der Waals surface area contributed by atoms with E-state index in [9.17, 15) is 0 Å². The summed E-state index contributed by atoms with van der Waals surface area (Å²) >= 11 is 0. The van der Waals surface area contributed by atoms with Gasteiger partial charge in [-0.3, -0.25) is 9.88 Å². The summed E-state index contributed by atoms with van der Waals surface area (Å²) in [7, 11) is 2.22. The fourth-order valence-corrected chi connectivity index (χ4v) is 2.71. The van der Waals surface area contributed by atoms with Crippen LogP contribution in [0.3, 0.4) is 0 Å². The third-order valence-electron chi connectivity index (χ3n) is 3.82. The maximum absolute atomic E-state index is 4.42. The third kappa shape index (κ3) is 2.24. The van der Waals surface area contributed by atoms with Crippen molar-refractivity contribution in [3.8, 4) is 0 Å². The maximum Gasteiger partial charge on any atom is 0.0705 e. The number of hydrogen-bond acceptors (Lipinski definition) is 3. The van der Waals surface area contributed by atoms with E-state index in [0.29, 0.717) is 6.04 Å². The Morgan fingerprint density at radius 2 is 2.22 bits per heavy atom. The molecule has 94 valence electrons. The molecular weight excluding hydrogens is 222 g/mol. The summed E-state index contributed by atoms with van der Waals surface area (Å²) < 4.78 is 0. The van der Waals surface area contributed by atoms with Crippen molar-refractivity contribution in [2.45, 2.75) is 19.0 Å². The largest absolute Gasteiger partial charge is 0.315 e. The standard InChI is InChI=1S/C15H19N3/c1-18(13-7-8-16-10-13)11-12-6-9-17-15-5-3-2-4-14(12)15/h2-6,9,13,16H,7-8,10-11H2,1H3. The average molecular weight is 241 g/mol. The summed E-state index contributed by atoms with van der Waals surface area (Å²) in [4.78, 5) is 6.86. The molecule has 1 saturated heterocycles. The first-order valence-electron chi connectivity index (χ1n) is 6.58. The second-order valence-electron chi connectivity index (χ2n) is 5.05. The molecule has 3 rings (SSSR count). The van der Waals surface area contributed by atoms with Crippen LogP contribution in [-0.2, 0) is 6.54 Å². The van der Waals surface area contributed by atoms with Gasteiger partial charge >= 0.3 is 0 Å². The molecule has 0 amide bonds. The van der Waals surface area contributed by atoms with E-state index in [1.807, 2.05) is 12.3 Å². The van der Waals surface area contributed by atoms with Crippen molar-refractivity contribution in [3.63, 3.8) is 0 Å². The molecule has 1 aliphatic rings. The quantitative estimate of drug-likeness (QED) is 0.891. The maximum atomic E-state index is 4.42. The third-order valence-corrected chi connectivity index (χ3v) is 3.82. The highest BCUT2D eigenvalue weighted by molar-refractivity contribution is 5.81. The van der Waals surface area contributed by atoms with Crippen molar-refractivity contribution in [1.82, 2.24) is 15.2 Å². The Hall–Kier alpha value is -1.45. The van der Waals surface area contributed by atoms with E-state index < -0.39 is 0 Å². The number of likely N-dealkylation sites (N-methyl/N-ethyl adjacent to an activating group) is 1. The lowest BCUT2D eigenvalue weighted by Crippen LogP contribution is -2.32. The number of pyridine rings is 1. The molecule has 2 aromatic rings. The smallest absolute Gasteiger partial charge is 0.0705 e. The molecule has 1 aromatic carbocycles. The summed E-state index contributed by atoms with van der Waals surface area (Å²) in [5, 5.41) is 4.70. The minimum atomic E-state index is 0.664. The summed E-state index contributed by atoms with van der Waals surface area (Å²) in [6, 6.07) is 11.2. The van der Waals surface area contributed by atoms with E-state index in [1.54, 1.807) is 0 Å². The minimum absolute atomic E-state index is 0.664. The highest BCUT2D eigenvalue weighted by atomic mass is 15.2. The topological polar surface area (TPSA) is 28.2 Å². The predicted octanol–water partition coefficient (Wildman–Crippen LogP) is 2.03. The number of nitrogens with zero attached hydrogens (tertiary/aromatic N) is 2. The van der Waals surface area contributed by atoms with Gasteiger partial charge < -0.3 is 5.32 Å². The molecule has 0 saturated carbocycles. The van der Waals surface area contributed by atoms with Crippen LogP contribution in [-0.4, -0.2) is 36.1 Å². The lowest BCUT2D eigenvalue weighted by molar-refractivity contribution is 0.250. The van der Waals surface area contributed by atoms with E-state index in [4.69, 9.17) is 0 Å². The molecular formula is C15H19N3. The van der Waals surface area contributed by atoms with Crippen molar-refractivity contribution < 1.29 is 0 Å². The van der Waals surface area contributed by atoms with Gasteiger partial charge in [0, 0.05) is 30.7 Å². The number of para-hydroxylation sites is 1. The van der Waals surface area contributed by atoms with E-state index in [2.05, 4.69) is 46.5 Å². The zero-order chi connectivity index (χ0) is 12.4. The van der Waals surface area contributed by atoms with Crippen LogP contribution < -0.4 is 5.32 Å². The molecule has 0 radical (unpaired) electrons. The highest BCUT2D eigenvalue weighted by Crippen LogP contribution is 2.19. The van der Waals surface area contributed by atoms with Crippen molar-refractivity contribution in [2.24, 2.45) is 0 Å². The van der Waals surface area contributed by atoms with Crippen LogP contribution in [0.2, 0.25) is 0 Å². The van der Waals surface area contributed by atoms with E-state index in [0.717, 1.165) is 25.2 Å². The van der Waals surface area contributed by atoms with Gasteiger partial charge in [-0.1, -0.05) is 18.2 Å². The van der Waals surface area contributed by atoms with Crippen molar-refractivity contribution in [1.29, 1.82) is 0 Å². The molecule has 1 aromatic heterocycles. The van der Waals surface area contributed by atoms with Crippen LogP contribution in [0.15, 0.2) is 36.5 Å². The number of aromatic nitrogens is 1. The first-order valence-corrected chi connectivity index (χ1v) is 6.58. The Labute approximate surface area is 108 Å². The average Bonchev–Trinajstić information content (AvgIpc) is 2.93. The van der Waals surface area contributed by atoms with Crippen molar-refractivity contribution in [3.05, 3.63) is 42.1 Å². The van der Waals surface area contributed by atoms with Crippen LogP contribution in [0.4, 0.5) is 0 Å². The van der Waals surface area contributed by atoms with Gasteiger partial charge in [-0.2, -0.15) is 0 Å². The van der Waals surface area contributed by atoms with Crippen LogP contribution in [0.1, 0.15) is 12.0 Å². The summed E-state index contributed by atoms with van der Waals surface area (Å²) in [6.45, 7) is 3.25. The van der Waals surface area contributed by atoms with Gasteiger partial charge in [0.2, 0.25) is 0 Å². The second kappa shape index (κ2) is 5.04. The number of rotatable bonds is 3. The molecule has 1 aliphatic heterocycles. The van der Waals surface area contributed by atoms with E-state index in [1.165, 1.54) is 17.4 Å². The van der Waals surface area contributed by atoms with Gasteiger partial charge in [-0.15, -0.1) is 0 Å². The lowest BCUT2D eigenvalue weighted by atomic mass is 10.1. The van der Waals surface area contributed by atoms with Gasteiger partial charge in [-0.25, -0.2) is 0 Å². The highest BCUT2D eigenvalue weighted by Gasteiger charge is 2.19. The fourth-order valence-electron chi connectivity index (χ4n) is 2.71. The molecule has 0 bridgehead atoms. The zero-order valence-corrected chi connectivity index (χ0v) is 10.8. The van der Waals surface area contributed by atoms with Gasteiger partial charge in [-0.05, 0) is 37.7 Å². The molecule has 1 fully saturated rings. The van der Waals surface area contributed by atoms with Crippen LogP contribution in [0.25, 0.3) is 10.9 Å². The molecule has 1 unspecified atom stereocenters. The first kappa shape index (κ1) is 11.6. The second-order valence-corrected chi connectivity index (χ2v) is 5.05. The van der Waals surface area contributed by atoms with E-state index in [-0.39, 0.29) is 0 Å². The van der Waals surface area contributed by atoms with Crippen LogP contribution in [0.5, 0.6) is 0 Å². The molecule has 3 nitrogen and oxygen atoms in total. The molecule has 1 N–H and O–H groups in total. The van der Waals surface area contributed by atoms with Gasteiger partial charge in [0.1, 0.15) is 0 Å². The van der Waals surface area contributed by atoms with Crippen LogP contribution >= 0.6 is 0 Å². The fraction of sp³-hybridized carbons (Fsp3) is 0.400. The Morgan fingerprint density at radius 1 is 1.33 bits per heavy atom. The van der Waals surface area contributed by atoms with Gasteiger partial charge in [0.15, 0.2) is 0 Å². The minimum Gasteiger partial charge on any atom is -0.315 e. The van der Waals surface area contributed by atoms with Crippen LogP contribution in [0, 0.1) is 0 Å². The Morgan fingerprint density at radius 3 is 3.06 bits per heavy atom. The number of nitrogens with one attached hydrogen (secondary N) is 1. The molecule has 18 heavy (non-hydrogen) atoms. The summed E-state index contributed by atoms with van der Waals surface area (Å²) in [5.74, 6) is 0. The molecule has 1 atom stereocenters. The normalized spacial score (nSPS) is 19.8. The number of hydrogen-bond donors (Lipinski definition) is 1. The molecule has 2 heterocycles. The Bertz CT molecular complexity index is 527. The molecule has 0 aliphatic carbocycles. The zero-order valence-electron chi connectivity index (χ0n) is 10.8. The summed E-state index contributed by atoms with van der Waals surface area (Å²) in [6.07, 6.45) is 3.16. The van der Waals surface area contributed by atoms with Crippen molar-refractivity contribution in [2.75, 3.05) is 20.1 Å². The van der Waals surface area contributed by atoms with Gasteiger partial charge in [0.25, 0.3) is 0 Å². The molecule has 3 heteroatoms. The number of fused-ring (bicyclic) bond motifs is 1. The lowest BCUT2D eigenvalue weighted by Gasteiger charge is -2.24.